The van der Waals surface area contributed by atoms with Gasteiger partial charge in [-0.1, -0.05) is 17.4 Å². The van der Waals surface area contributed by atoms with Crippen LogP contribution < -0.4 is 5.43 Å². The van der Waals surface area contributed by atoms with Gasteiger partial charge in [0.15, 0.2) is 16.5 Å². The number of hydrogen-bond acceptors (Lipinski definition) is 6. The molecule has 5 rings (SSSR count). The minimum Gasteiger partial charge on any atom is -0.503 e. The van der Waals surface area contributed by atoms with Crippen LogP contribution in [-0.2, 0) is 6.42 Å². The van der Waals surface area contributed by atoms with Gasteiger partial charge in [0.05, 0.1) is 11.6 Å². The van der Waals surface area contributed by atoms with Crippen molar-refractivity contribution in [2.45, 2.75) is 31.7 Å². The van der Waals surface area contributed by atoms with E-state index in [-0.39, 0.29) is 40.2 Å². The third-order valence-corrected chi connectivity index (χ3v) is 6.75. The van der Waals surface area contributed by atoms with Crippen LogP contribution in [0.5, 0.6) is 5.75 Å². The number of amides is 1. The molecule has 160 valence electrons. The number of halogens is 2. The zero-order valence-electron chi connectivity index (χ0n) is 16.3. The highest BCUT2D eigenvalue weighted by Gasteiger charge is 2.36. The third-order valence-electron chi connectivity index (χ3n) is 5.79. The summed E-state index contributed by atoms with van der Waals surface area (Å²) in [6, 6.07) is 3.29. The highest BCUT2D eigenvalue weighted by atomic mass is 32.1. The Balaban J connectivity index is 1.53. The number of carbonyl (C=O) groups is 1. The van der Waals surface area contributed by atoms with E-state index in [0.29, 0.717) is 18.1 Å². The minimum atomic E-state index is -0.685. The number of pyridine rings is 1. The first-order chi connectivity index (χ1) is 14.9. The Labute approximate surface area is 179 Å². The van der Waals surface area contributed by atoms with Crippen molar-refractivity contribution in [1.29, 1.82) is 0 Å². The van der Waals surface area contributed by atoms with Crippen LogP contribution in [0.1, 0.15) is 46.4 Å². The molecule has 0 aliphatic carbocycles. The summed E-state index contributed by atoms with van der Waals surface area (Å²) in [5, 5.41) is 19.4. The summed E-state index contributed by atoms with van der Waals surface area (Å²) in [6.07, 6.45) is 4.34. The summed E-state index contributed by atoms with van der Waals surface area (Å²) >= 11 is 1.09. The SMILES string of the molecule is O=C1c2c(O)c(=O)c(-c3nnc(Cc4ccc(F)cc4F)s3)cn2C2CCCCN1C2. The lowest BCUT2D eigenvalue weighted by Gasteiger charge is -2.34. The fourth-order valence-electron chi connectivity index (χ4n) is 4.21. The van der Waals surface area contributed by atoms with E-state index in [4.69, 9.17) is 0 Å². The number of rotatable bonds is 3. The molecule has 0 spiro atoms. The summed E-state index contributed by atoms with van der Waals surface area (Å²) in [7, 11) is 0. The Bertz CT molecular complexity index is 1260. The molecule has 7 nitrogen and oxygen atoms in total. The Morgan fingerprint density at radius 1 is 1.19 bits per heavy atom. The second-order valence-electron chi connectivity index (χ2n) is 7.79. The fourth-order valence-corrected chi connectivity index (χ4v) is 5.08. The molecule has 0 saturated carbocycles. The van der Waals surface area contributed by atoms with Crippen LogP contribution in [0.4, 0.5) is 8.78 Å². The maximum Gasteiger partial charge on any atom is 0.274 e. The minimum absolute atomic E-state index is 0.0185. The molecule has 2 bridgehead atoms. The molecule has 1 atom stereocenters. The lowest BCUT2D eigenvalue weighted by atomic mass is 10.1. The van der Waals surface area contributed by atoms with Gasteiger partial charge >= 0.3 is 0 Å². The van der Waals surface area contributed by atoms with E-state index >= 15 is 0 Å². The van der Waals surface area contributed by atoms with Gasteiger partial charge in [-0.05, 0) is 30.9 Å². The number of nitrogens with zero attached hydrogens (tertiary/aromatic N) is 4. The van der Waals surface area contributed by atoms with Crippen LogP contribution in [0, 0.1) is 11.6 Å². The van der Waals surface area contributed by atoms with E-state index in [0.717, 1.165) is 36.7 Å². The van der Waals surface area contributed by atoms with Crippen LogP contribution in [0.25, 0.3) is 10.6 Å². The summed E-state index contributed by atoms with van der Waals surface area (Å²) in [4.78, 5) is 27.3. The Morgan fingerprint density at radius 2 is 2.03 bits per heavy atom. The molecule has 1 amide bonds. The summed E-state index contributed by atoms with van der Waals surface area (Å²) < 4.78 is 28.8. The van der Waals surface area contributed by atoms with Crippen LogP contribution in [-0.4, -0.2) is 43.8 Å². The first-order valence-corrected chi connectivity index (χ1v) is 10.8. The quantitative estimate of drug-likeness (QED) is 0.671. The van der Waals surface area contributed by atoms with Crippen molar-refractivity contribution in [3.05, 3.63) is 62.5 Å². The maximum absolute atomic E-state index is 14.0. The van der Waals surface area contributed by atoms with Crippen molar-refractivity contribution in [2.24, 2.45) is 0 Å². The molecule has 1 saturated heterocycles. The number of carbonyl (C=O) groups excluding carboxylic acids is 1. The van der Waals surface area contributed by atoms with Crippen LogP contribution in [0.2, 0.25) is 0 Å². The van der Waals surface area contributed by atoms with Gasteiger partial charge in [0.25, 0.3) is 5.91 Å². The Kier molecular flexibility index (Phi) is 4.81. The van der Waals surface area contributed by atoms with Gasteiger partial charge in [-0.25, -0.2) is 8.78 Å². The molecule has 2 aromatic heterocycles. The van der Waals surface area contributed by atoms with Crippen molar-refractivity contribution in [2.75, 3.05) is 13.1 Å². The third kappa shape index (κ3) is 3.40. The molecule has 2 aliphatic rings. The monoisotopic (exact) mass is 444 g/mol. The summed E-state index contributed by atoms with van der Waals surface area (Å²) in [5.41, 5.74) is -0.256. The van der Waals surface area contributed by atoms with Gasteiger partial charge in [-0.15, -0.1) is 10.2 Å². The molecule has 3 aromatic rings. The first kappa shape index (κ1) is 19.8. The highest BCUT2D eigenvalue weighted by molar-refractivity contribution is 7.14. The largest absolute Gasteiger partial charge is 0.503 e. The summed E-state index contributed by atoms with van der Waals surface area (Å²) in [5.74, 6) is -2.27. The van der Waals surface area contributed by atoms with Crippen LogP contribution in [0.15, 0.2) is 29.2 Å². The van der Waals surface area contributed by atoms with Gasteiger partial charge in [0, 0.05) is 31.8 Å². The van der Waals surface area contributed by atoms with Gasteiger partial charge in [-0.3, -0.25) is 9.59 Å². The first-order valence-electron chi connectivity index (χ1n) is 9.96. The predicted octanol–water partition coefficient (Wildman–Crippen LogP) is 3.12. The molecular weight excluding hydrogens is 426 g/mol. The predicted molar refractivity (Wildman–Crippen MR) is 109 cm³/mol. The number of benzene rings is 1. The van der Waals surface area contributed by atoms with Gasteiger partial charge in [-0.2, -0.15) is 0 Å². The zero-order valence-corrected chi connectivity index (χ0v) is 17.2. The number of aromatic hydroxyl groups is 1. The molecule has 1 N–H and O–H groups in total. The van der Waals surface area contributed by atoms with Crippen molar-refractivity contribution in [3.63, 3.8) is 0 Å². The lowest BCUT2D eigenvalue weighted by molar-refractivity contribution is 0.0679. The fraction of sp³-hybridized carbons (Fsp3) is 0.333. The molecule has 0 radical (unpaired) electrons. The molecule has 2 aliphatic heterocycles. The topological polar surface area (TPSA) is 88.3 Å². The van der Waals surface area contributed by atoms with Gasteiger partial charge < -0.3 is 14.6 Å². The second kappa shape index (κ2) is 7.52. The van der Waals surface area contributed by atoms with Crippen molar-refractivity contribution >= 4 is 17.2 Å². The van der Waals surface area contributed by atoms with E-state index in [1.165, 1.54) is 12.1 Å². The average molecular weight is 444 g/mol. The van der Waals surface area contributed by atoms with E-state index in [1.54, 1.807) is 15.7 Å². The van der Waals surface area contributed by atoms with Crippen molar-refractivity contribution in [1.82, 2.24) is 19.7 Å². The van der Waals surface area contributed by atoms with Gasteiger partial charge in [0.1, 0.15) is 16.6 Å². The smallest absolute Gasteiger partial charge is 0.274 e. The lowest BCUT2D eigenvalue weighted by Crippen LogP contribution is -2.43. The Hall–Kier alpha value is -3.14. The Morgan fingerprint density at radius 3 is 2.84 bits per heavy atom. The summed E-state index contributed by atoms with van der Waals surface area (Å²) in [6.45, 7) is 1.16. The van der Waals surface area contributed by atoms with E-state index in [1.807, 2.05) is 0 Å². The maximum atomic E-state index is 14.0. The van der Waals surface area contributed by atoms with Crippen molar-refractivity contribution < 1.29 is 18.7 Å². The van der Waals surface area contributed by atoms with E-state index < -0.39 is 22.8 Å². The van der Waals surface area contributed by atoms with Gasteiger partial charge in [0.2, 0.25) is 5.43 Å². The molecule has 4 heterocycles. The zero-order chi connectivity index (χ0) is 21.7. The molecule has 10 heteroatoms. The standard InChI is InChI=1S/C21H18F2N4O3S/c22-12-5-4-11(15(23)8-12)7-16-24-25-20(31-16)14-10-27-13-3-1-2-6-26(9-13)21(30)17(27)19(29)18(14)28/h4-5,8,10,13,29H,1-3,6-7,9H2. The average Bonchev–Trinajstić information content (AvgIpc) is 3.08. The molecule has 1 aromatic carbocycles. The van der Waals surface area contributed by atoms with E-state index in [9.17, 15) is 23.5 Å². The number of fused-ring (bicyclic) bond motifs is 4. The van der Waals surface area contributed by atoms with Crippen molar-refractivity contribution in [3.8, 4) is 16.3 Å². The van der Waals surface area contributed by atoms with Crippen LogP contribution in [0.3, 0.4) is 0 Å². The molecule has 1 fully saturated rings. The normalized spacial score (nSPS) is 18.1. The van der Waals surface area contributed by atoms with E-state index in [2.05, 4.69) is 10.2 Å². The number of aromatic nitrogens is 3. The highest BCUT2D eigenvalue weighted by Crippen LogP contribution is 2.34. The molecule has 31 heavy (non-hydrogen) atoms. The van der Waals surface area contributed by atoms with Crippen LogP contribution >= 0.6 is 11.3 Å². The molecule has 1 unspecified atom stereocenters. The number of hydrogen-bond donors (Lipinski definition) is 1. The molecular formula is C21H18F2N4O3S. The second-order valence-corrected chi connectivity index (χ2v) is 8.85.